The molecule has 0 spiro atoms. The van der Waals surface area contributed by atoms with E-state index in [1.807, 2.05) is 13.0 Å². The second kappa shape index (κ2) is 6.84. The van der Waals surface area contributed by atoms with E-state index in [1.165, 1.54) is 12.8 Å². The summed E-state index contributed by atoms with van der Waals surface area (Å²) in [5.74, 6) is 1.09. The molecule has 1 amide bonds. The Hall–Kier alpha value is -1.40. The Morgan fingerprint density at radius 2 is 2.12 bits per heavy atom. The first kappa shape index (κ1) is 16.1. The van der Waals surface area contributed by atoms with E-state index in [4.69, 9.17) is 9.26 Å². The van der Waals surface area contributed by atoms with Crippen molar-refractivity contribution in [1.29, 1.82) is 0 Å². The summed E-state index contributed by atoms with van der Waals surface area (Å²) >= 11 is 0. The largest absolute Gasteiger partial charge is 0.374 e. The predicted molar refractivity (Wildman–Crippen MR) is 88.5 cm³/mol. The predicted octanol–water partition coefficient (Wildman–Crippen LogP) is 2.29. The summed E-state index contributed by atoms with van der Waals surface area (Å²) in [5, 5.41) is 4.17. The van der Waals surface area contributed by atoms with Gasteiger partial charge in [0, 0.05) is 12.6 Å². The first-order valence-electron chi connectivity index (χ1n) is 9.31. The lowest BCUT2D eigenvalue weighted by atomic mass is 9.90. The maximum Gasteiger partial charge on any atom is 0.237 e. The second-order valence-electron chi connectivity index (χ2n) is 7.34. The van der Waals surface area contributed by atoms with Crippen LogP contribution in [0.2, 0.25) is 0 Å². The summed E-state index contributed by atoms with van der Waals surface area (Å²) in [6.07, 6.45) is 7.03. The van der Waals surface area contributed by atoms with Gasteiger partial charge >= 0.3 is 0 Å². The first-order chi connectivity index (χ1) is 11.7. The number of fused-ring (bicyclic) bond motifs is 1. The van der Waals surface area contributed by atoms with Gasteiger partial charge in [-0.25, -0.2) is 0 Å². The number of ether oxygens (including phenoxy) is 1. The Bertz CT molecular complexity index is 586. The molecule has 1 aromatic rings. The van der Waals surface area contributed by atoms with Gasteiger partial charge in [-0.15, -0.1) is 0 Å². The lowest BCUT2D eigenvalue weighted by molar-refractivity contribution is -0.150. The third kappa shape index (κ3) is 3.09. The van der Waals surface area contributed by atoms with Crippen LogP contribution in [0.1, 0.15) is 56.0 Å². The van der Waals surface area contributed by atoms with E-state index in [-0.39, 0.29) is 24.1 Å². The molecule has 6 nitrogen and oxygen atoms in total. The number of likely N-dealkylation sites (tertiary alicyclic amines) is 1. The number of hydrogen-bond donors (Lipinski definition) is 0. The average Bonchev–Trinajstić information content (AvgIpc) is 3.23. The molecule has 3 atom stereocenters. The molecule has 1 aliphatic carbocycles. The number of aryl methyl sites for hydroxylation is 1. The molecule has 1 saturated carbocycles. The first-order valence-corrected chi connectivity index (χ1v) is 9.31. The Balaban J connectivity index is 1.43. The quantitative estimate of drug-likeness (QED) is 0.849. The Morgan fingerprint density at radius 3 is 2.96 bits per heavy atom. The second-order valence-corrected chi connectivity index (χ2v) is 7.34. The van der Waals surface area contributed by atoms with Crippen LogP contribution >= 0.6 is 0 Å². The molecule has 3 aliphatic rings. The van der Waals surface area contributed by atoms with Gasteiger partial charge in [-0.05, 0) is 39.2 Å². The minimum atomic E-state index is 0.217. The van der Waals surface area contributed by atoms with Crippen molar-refractivity contribution in [1.82, 2.24) is 15.0 Å². The molecule has 4 rings (SSSR count). The van der Waals surface area contributed by atoms with Crippen LogP contribution in [-0.2, 0) is 9.53 Å². The molecule has 0 N–H and O–H groups in total. The highest BCUT2D eigenvalue weighted by molar-refractivity contribution is 5.79. The number of carbonyl (C=O) groups is 1. The molecular weight excluding hydrogens is 306 g/mol. The monoisotopic (exact) mass is 333 g/mol. The van der Waals surface area contributed by atoms with Crippen LogP contribution < -0.4 is 0 Å². The third-order valence-corrected chi connectivity index (χ3v) is 5.74. The lowest BCUT2D eigenvalue weighted by Gasteiger charge is -2.44. The SMILES string of the molecule is Cc1cc([C@@H]2CCCN2CC(=O)N2CCO[C@H]3CCCC[C@@H]32)no1. The van der Waals surface area contributed by atoms with E-state index in [0.29, 0.717) is 13.2 Å². The molecule has 0 aromatic carbocycles. The fourth-order valence-electron chi connectivity index (χ4n) is 4.56. The molecule has 0 bridgehead atoms. The van der Waals surface area contributed by atoms with Crippen molar-refractivity contribution in [2.75, 3.05) is 26.2 Å². The summed E-state index contributed by atoms with van der Waals surface area (Å²) in [6.45, 7) is 4.78. The highest BCUT2D eigenvalue weighted by Gasteiger charge is 2.38. The van der Waals surface area contributed by atoms with Crippen molar-refractivity contribution in [3.63, 3.8) is 0 Å². The Morgan fingerprint density at radius 1 is 1.25 bits per heavy atom. The van der Waals surface area contributed by atoms with Gasteiger partial charge in [0.2, 0.25) is 5.91 Å². The molecule has 1 aromatic heterocycles. The number of hydrogen-bond acceptors (Lipinski definition) is 5. The molecule has 24 heavy (non-hydrogen) atoms. The number of nitrogens with zero attached hydrogens (tertiary/aromatic N) is 3. The van der Waals surface area contributed by atoms with Crippen LogP contribution in [0, 0.1) is 6.92 Å². The third-order valence-electron chi connectivity index (χ3n) is 5.74. The smallest absolute Gasteiger partial charge is 0.237 e. The van der Waals surface area contributed by atoms with Crippen LogP contribution in [0.15, 0.2) is 10.6 Å². The van der Waals surface area contributed by atoms with Crippen molar-refractivity contribution in [2.45, 2.75) is 63.6 Å². The van der Waals surface area contributed by atoms with Crippen molar-refractivity contribution in [3.05, 3.63) is 17.5 Å². The van der Waals surface area contributed by atoms with Gasteiger partial charge in [-0.3, -0.25) is 9.69 Å². The fourth-order valence-corrected chi connectivity index (χ4v) is 4.56. The molecule has 2 aliphatic heterocycles. The van der Waals surface area contributed by atoms with Gasteiger partial charge in [0.1, 0.15) is 11.5 Å². The number of aromatic nitrogens is 1. The highest BCUT2D eigenvalue weighted by atomic mass is 16.5. The van der Waals surface area contributed by atoms with Crippen LogP contribution in [0.4, 0.5) is 0 Å². The van der Waals surface area contributed by atoms with E-state index in [2.05, 4.69) is 15.0 Å². The standard InChI is InChI=1S/C18H27N3O3/c1-13-11-14(19-24-13)15-6-4-8-20(15)12-18(22)21-9-10-23-17-7-3-2-5-16(17)21/h11,15-17H,2-10,12H2,1H3/t15-,16-,17-/m0/s1. The summed E-state index contributed by atoms with van der Waals surface area (Å²) in [5.41, 5.74) is 0.968. The highest BCUT2D eigenvalue weighted by Crippen LogP contribution is 2.32. The minimum Gasteiger partial charge on any atom is -0.374 e. The van der Waals surface area contributed by atoms with Gasteiger partial charge in [0.25, 0.3) is 0 Å². The van der Waals surface area contributed by atoms with E-state index in [0.717, 1.165) is 50.2 Å². The van der Waals surface area contributed by atoms with Crippen LogP contribution in [-0.4, -0.2) is 59.3 Å². The molecule has 0 unspecified atom stereocenters. The van der Waals surface area contributed by atoms with E-state index >= 15 is 0 Å². The van der Waals surface area contributed by atoms with Gasteiger partial charge < -0.3 is 14.2 Å². The molecule has 6 heteroatoms. The fraction of sp³-hybridized carbons (Fsp3) is 0.778. The molecule has 0 radical (unpaired) electrons. The number of rotatable bonds is 3. The summed E-state index contributed by atoms with van der Waals surface area (Å²) in [4.78, 5) is 17.3. The minimum absolute atomic E-state index is 0.217. The van der Waals surface area contributed by atoms with Crippen molar-refractivity contribution in [2.24, 2.45) is 0 Å². The Labute approximate surface area is 143 Å². The lowest BCUT2D eigenvalue weighted by Crippen LogP contribution is -2.56. The van der Waals surface area contributed by atoms with Gasteiger partial charge in [0.05, 0.1) is 31.3 Å². The van der Waals surface area contributed by atoms with Gasteiger partial charge in [-0.1, -0.05) is 18.0 Å². The number of carbonyl (C=O) groups excluding carboxylic acids is 1. The zero-order valence-electron chi connectivity index (χ0n) is 14.4. The molecular formula is C18H27N3O3. The van der Waals surface area contributed by atoms with Crippen molar-refractivity contribution >= 4 is 5.91 Å². The van der Waals surface area contributed by atoms with E-state index < -0.39 is 0 Å². The van der Waals surface area contributed by atoms with Crippen LogP contribution in [0.5, 0.6) is 0 Å². The van der Waals surface area contributed by atoms with Crippen molar-refractivity contribution in [3.8, 4) is 0 Å². The molecule has 2 saturated heterocycles. The summed E-state index contributed by atoms with van der Waals surface area (Å²) in [6, 6.07) is 2.50. The van der Waals surface area contributed by atoms with Crippen molar-refractivity contribution < 1.29 is 14.1 Å². The van der Waals surface area contributed by atoms with Crippen LogP contribution in [0.3, 0.4) is 0 Å². The van der Waals surface area contributed by atoms with Crippen LogP contribution in [0.25, 0.3) is 0 Å². The zero-order chi connectivity index (χ0) is 16.5. The maximum atomic E-state index is 13.0. The van der Waals surface area contributed by atoms with E-state index in [1.54, 1.807) is 0 Å². The van der Waals surface area contributed by atoms with Gasteiger partial charge in [0.15, 0.2) is 0 Å². The normalized spacial score (nSPS) is 31.2. The number of amides is 1. The topological polar surface area (TPSA) is 58.8 Å². The average molecular weight is 333 g/mol. The molecule has 3 heterocycles. The number of morpholine rings is 1. The van der Waals surface area contributed by atoms with Gasteiger partial charge in [-0.2, -0.15) is 0 Å². The summed E-state index contributed by atoms with van der Waals surface area (Å²) < 4.78 is 11.1. The zero-order valence-corrected chi connectivity index (χ0v) is 14.4. The summed E-state index contributed by atoms with van der Waals surface area (Å²) in [7, 11) is 0. The molecule has 132 valence electrons. The Kier molecular flexibility index (Phi) is 4.59. The maximum absolute atomic E-state index is 13.0. The van der Waals surface area contributed by atoms with E-state index in [9.17, 15) is 4.79 Å². The molecule has 3 fully saturated rings.